The molecule has 10 heteroatoms. The number of Topliss-reactive ketones (excluding diaryl/α,β-unsaturated/α-hetero) is 2. The molecular weight excluding hydrogens is 466 g/mol. The van der Waals surface area contributed by atoms with Crippen LogP contribution in [0.2, 0.25) is 0 Å². The fraction of sp³-hybridized carbons (Fsp3) is 0.462. The Morgan fingerprint density at radius 1 is 1.00 bits per heavy atom. The molecule has 190 valence electrons. The summed E-state index contributed by atoms with van der Waals surface area (Å²) in [4.78, 5) is 53.6. The maximum Gasteiger partial charge on any atom is 0.347 e. The maximum absolute atomic E-state index is 14.0. The standard InChI is InChI=1S/C26H29N3O7/c1-12-13(2)23(32)26(3)16(22(12)31)11-17-15(7-8-28-24(33)27(4)25(34)29(17)28)21(26)20-18(35-5)9-14(30)10-19(20)36-6/h7,9-10,16-17,21,30H,8,11H2,1-6H3/t16-,17+,21+,26+/m0/s1. The summed E-state index contributed by atoms with van der Waals surface area (Å²) in [5.41, 5.74) is -0.0807. The summed E-state index contributed by atoms with van der Waals surface area (Å²) in [5, 5.41) is 10.3. The molecule has 3 aliphatic rings. The quantitative estimate of drug-likeness (QED) is 0.645. The molecule has 2 heterocycles. The number of methoxy groups -OCH3 is 2. The second kappa shape index (κ2) is 7.84. The van der Waals surface area contributed by atoms with E-state index in [0.717, 1.165) is 10.1 Å². The lowest BCUT2D eigenvalue weighted by atomic mass is 9.50. The summed E-state index contributed by atoms with van der Waals surface area (Å²) in [5.74, 6) is -1.27. The van der Waals surface area contributed by atoms with E-state index in [0.29, 0.717) is 28.2 Å². The van der Waals surface area contributed by atoms with Crippen LogP contribution in [0.3, 0.4) is 0 Å². The Hall–Kier alpha value is -3.82. The van der Waals surface area contributed by atoms with Crippen LogP contribution >= 0.6 is 0 Å². The van der Waals surface area contributed by atoms with Crippen LogP contribution in [0.4, 0.5) is 0 Å². The first kappa shape index (κ1) is 23.9. The summed E-state index contributed by atoms with van der Waals surface area (Å²) in [6, 6.07) is 2.25. The zero-order valence-electron chi connectivity index (χ0n) is 21.1. The van der Waals surface area contributed by atoms with Gasteiger partial charge in [-0.2, -0.15) is 0 Å². The highest BCUT2D eigenvalue weighted by Gasteiger charge is 2.61. The van der Waals surface area contributed by atoms with E-state index in [1.807, 2.05) is 6.08 Å². The van der Waals surface area contributed by atoms with Gasteiger partial charge in [0.2, 0.25) is 0 Å². The molecule has 1 N–H and O–H groups in total. The zero-order valence-corrected chi connectivity index (χ0v) is 21.1. The summed E-state index contributed by atoms with van der Waals surface area (Å²) in [6.45, 7) is 5.25. The molecule has 1 aliphatic heterocycles. The molecule has 1 fully saturated rings. The number of aromatic hydroxyl groups is 1. The van der Waals surface area contributed by atoms with E-state index < -0.39 is 34.7 Å². The van der Waals surface area contributed by atoms with Gasteiger partial charge in [0, 0.05) is 36.6 Å². The second-order valence-electron chi connectivity index (χ2n) is 9.98. The number of phenols is 1. The molecule has 2 aromatic rings. The number of allylic oxidation sites excluding steroid dienone is 4. The van der Waals surface area contributed by atoms with Crippen molar-refractivity contribution in [3.05, 3.63) is 61.5 Å². The lowest BCUT2D eigenvalue weighted by Gasteiger charge is -2.53. The number of ketones is 2. The molecular formula is C26H29N3O7. The molecule has 0 bridgehead atoms. The Kier molecular flexibility index (Phi) is 5.21. The van der Waals surface area contributed by atoms with E-state index in [9.17, 15) is 24.3 Å². The van der Waals surface area contributed by atoms with Crippen molar-refractivity contribution in [3.63, 3.8) is 0 Å². The van der Waals surface area contributed by atoms with Gasteiger partial charge >= 0.3 is 11.4 Å². The molecule has 2 aliphatic carbocycles. The maximum atomic E-state index is 14.0. The van der Waals surface area contributed by atoms with Crippen molar-refractivity contribution in [3.8, 4) is 17.2 Å². The molecule has 0 saturated heterocycles. The third-order valence-corrected chi connectivity index (χ3v) is 8.44. The molecule has 0 radical (unpaired) electrons. The van der Waals surface area contributed by atoms with E-state index in [2.05, 4.69) is 0 Å². The molecule has 1 aromatic carbocycles. The Morgan fingerprint density at radius 3 is 2.19 bits per heavy atom. The van der Waals surface area contributed by atoms with Crippen LogP contribution < -0.4 is 20.9 Å². The zero-order chi connectivity index (χ0) is 26.3. The van der Waals surface area contributed by atoms with Gasteiger partial charge in [0.25, 0.3) is 0 Å². The number of nitrogens with zero attached hydrogens (tertiary/aromatic N) is 3. The van der Waals surface area contributed by atoms with Gasteiger partial charge in [-0.1, -0.05) is 13.0 Å². The van der Waals surface area contributed by atoms with Crippen LogP contribution in [-0.4, -0.2) is 44.8 Å². The van der Waals surface area contributed by atoms with Crippen molar-refractivity contribution in [2.24, 2.45) is 18.4 Å². The highest BCUT2D eigenvalue weighted by atomic mass is 16.5. The minimum Gasteiger partial charge on any atom is -0.508 e. The molecule has 1 saturated carbocycles. The van der Waals surface area contributed by atoms with Gasteiger partial charge in [-0.3, -0.25) is 9.59 Å². The predicted molar refractivity (Wildman–Crippen MR) is 130 cm³/mol. The molecule has 0 unspecified atom stereocenters. The number of ether oxygens (including phenoxy) is 2. The fourth-order valence-electron chi connectivity index (χ4n) is 6.47. The molecule has 36 heavy (non-hydrogen) atoms. The lowest BCUT2D eigenvalue weighted by Crippen LogP contribution is -2.55. The van der Waals surface area contributed by atoms with Gasteiger partial charge in [0.05, 0.1) is 32.2 Å². The predicted octanol–water partition coefficient (Wildman–Crippen LogP) is 1.85. The third kappa shape index (κ3) is 2.84. The summed E-state index contributed by atoms with van der Waals surface area (Å²) in [6.07, 6.45) is 2.06. The van der Waals surface area contributed by atoms with Crippen LogP contribution in [0.15, 0.2) is 44.5 Å². The van der Waals surface area contributed by atoms with E-state index in [1.165, 1.54) is 42.8 Å². The van der Waals surface area contributed by atoms with Crippen molar-refractivity contribution >= 4 is 11.6 Å². The lowest BCUT2D eigenvalue weighted by molar-refractivity contribution is -0.140. The van der Waals surface area contributed by atoms with Crippen LogP contribution in [-0.2, 0) is 23.2 Å². The minimum absolute atomic E-state index is 0.0785. The van der Waals surface area contributed by atoms with Crippen LogP contribution in [0.5, 0.6) is 17.2 Å². The monoisotopic (exact) mass is 495 g/mol. The van der Waals surface area contributed by atoms with Gasteiger partial charge in [-0.05, 0) is 37.0 Å². The number of carbonyl (C=O) groups excluding carboxylic acids is 2. The van der Waals surface area contributed by atoms with Crippen molar-refractivity contribution in [2.75, 3.05) is 14.2 Å². The highest BCUT2D eigenvalue weighted by molar-refractivity contribution is 6.15. The smallest absolute Gasteiger partial charge is 0.347 e. The van der Waals surface area contributed by atoms with Gasteiger partial charge in [0.15, 0.2) is 11.6 Å². The van der Waals surface area contributed by atoms with Crippen molar-refractivity contribution in [1.82, 2.24) is 13.9 Å². The molecule has 10 nitrogen and oxygen atoms in total. The first-order chi connectivity index (χ1) is 17.0. The van der Waals surface area contributed by atoms with Crippen molar-refractivity contribution in [1.29, 1.82) is 0 Å². The van der Waals surface area contributed by atoms with E-state index >= 15 is 0 Å². The second-order valence-corrected chi connectivity index (χ2v) is 9.98. The van der Waals surface area contributed by atoms with Crippen LogP contribution in [0.1, 0.15) is 44.7 Å². The number of rotatable bonds is 3. The largest absolute Gasteiger partial charge is 0.508 e. The number of hydrogen-bond acceptors (Lipinski definition) is 7. The summed E-state index contributed by atoms with van der Waals surface area (Å²) in [7, 11) is 4.33. The number of carbonyl (C=O) groups is 2. The summed E-state index contributed by atoms with van der Waals surface area (Å²) < 4.78 is 15.1. The third-order valence-electron chi connectivity index (χ3n) is 8.44. The molecule has 4 atom stereocenters. The Labute approximate surface area is 207 Å². The molecule has 5 rings (SSSR count). The van der Waals surface area contributed by atoms with E-state index in [4.69, 9.17) is 9.47 Å². The Bertz CT molecular complexity index is 1490. The molecule has 1 aromatic heterocycles. The minimum atomic E-state index is -1.21. The van der Waals surface area contributed by atoms with Crippen LogP contribution in [0, 0.1) is 11.3 Å². The molecule has 0 spiro atoms. The van der Waals surface area contributed by atoms with E-state index in [-0.39, 0.29) is 30.3 Å². The van der Waals surface area contributed by atoms with Gasteiger partial charge in [-0.25, -0.2) is 23.5 Å². The SMILES string of the molecule is COc1cc(O)cc(OC)c1[C@H]1C2=CCn3c(=O)n(C)c(=O)n3[C@@H]2C[C@H]2C(=O)C(C)=C(C)C(=O)[C@@]12C. The summed E-state index contributed by atoms with van der Waals surface area (Å²) >= 11 is 0. The number of hydrogen-bond donors (Lipinski definition) is 1. The number of phenolic OH excluding ortho intramolecular Hbond substituents is 1. The van der Waals surface area contributed by atoms with Crippen molar-refractivity contribution in [2.45, 2.75) is 45.7 Å². The first-order valence-electron chi connectivity index (χ1n) is 11.8. The topological polar surface area (TPSA) is 122 Å². The number of benzene rings is 1. The van der Waals surface area contributed by atoms with E-state index in [1.54, 1.807) is 20.8 Å². The fourth-order valence-corrected chi connectivity index (χ4v) is 6.47. The van der Waals surface area contributed by atoms with Crippen LogP contribution in [0.25, 0.3) is 0 Å². The van der Waals surface area contributed by atoms with Gasteiger partial charge in [-0.15, -0.1) is 0 Å². The van der Waals surface area contributed by atoms with Crippen molar-refractivity contribution < 1.29 is 24.2 Å². The Balaban J connectivity index is 1.88. The number of aromatic nitrogens is 3. The highest BCUT2D eigenvalue weighted by Crippen LogP contribution is 2.63. The van der Waals surface area contributed by atoms with Gasteiger partial charge < -0.3 is 14.6 Å². The average Bonchev–Trinajstić information content (AvgIpc) is 3.09. The number of fused-ring (bicyclic) bond motifs is 4. The first-order valence-corrected chi connectivity index (χ1v) is 11.8. The Morgan fingerprint density at radius 2 is 1.61 bits per heavy atom. The molecule has 0 amide bonds. The normalized spacial score (nSPS) is 27.3. The van der Waals surface area contributed by atoms with Gasteiger partial charge in [0.1, 0.15) is 17.2 Å². The average molecular weight is 496 g/mol.